The molecular formula is C9H5N5S. The van der Waals surface area contributed by atoms with Crippen molar-refractivity contribution < 1.29 is 0 Å². The third kappa shape index (κ3) is 1.47. The summed E-state index contributed by atoms with van der Waals surface area (Å²) in [5.74, 6) is 0. The highest BCUT2D eigenvalue weighted by Gasteiger charge is 2.13. The lowest BCUT2D eigenvalue weighted by atomic mass is 10.4. The van der Waals surface area contributed by atoms with Gasteiger partial charge in [0.05, 0.1) is 5.69 Å². The van der Waals surface area contributed by atoms with Crippen LogP contribution in [0.25, 0.3) is 5.13 Å². The summed E-state index contributed by atoms with van der Waals surface area (Å²) in [6.07, 6.45) is 1.44. The molecule has 0 aliphatic carbocycles. The number of hydrogen-bond acceptors (Lipinski definition) is 5. The van der Waals surface area contributed by atoms with Crippen LogP contribution in [0.2, 0.25) is 0 Å². The zero-order valence-electron chi connectivity index (χ0n) is 7.80. The Balaban J connectivity index is 2.61. The van der Waals surface area contributed by atoms with Crippen molar-refractivity contribution in [1.29, 1.82) is 10.5 Å². The molecular weight excluding hydrogens is 210 g/mol. The average molecular weight is 215 g/mol. The highest BCUT2D eigenvalue weighted by atomic mass is 32.1. The molecule has 5 nitrogen and oxygen atoms in total. The SMILES string of the molecule is Cc1csc(-n2cnc(C#N)c2C#N)n1. The third-order valence-electron chi connectivity index (χ3n) is 1.79. The van der Waals surface area contributed by atoms with Gasteiger partial charge in [0, 0.05) is 5.38 Å². The zero-order valence-corrected chi connectivity index (χ0v) is 8.62. The highest BCUT2D eigenvalue weighted by Crippen LogP contribution is 2.17. The van der Waals surface area contributed by atoms with Gasteiger partial charge in [0.15, 0.2) is 16.5 Å². The van der Waals surface area contributed by atoms with Crippen molar-refractivity contribution in [2.75, 3.05) is 0 Å². The van der Waals surface area contributed by atoms with Gasteiger partial charge >= 0.3 is 0 Å². The van der Waals surface area contributed by atoms with Crippen molar-refractivity contribution in [3.05, 3.63) is 28.8 Å². The summed E-state index contributed by atoms with van der Waals surface area (Å²) in [7, 11) is 0. The van der Waals surface area contributed by atoms with Crippen molar-refractivity contribution in [3.63, 3.8) is 0 Å². The summed E-state index contributed by atoms with van der Waals surface area (Å²) in [5.41, 5.74) is 1.24. The van der Waals surface area contributed by atoms with Gasteiger partial charge in [0.1, 0.15) is 18.5 Å². The van der Waals surface area contributed by atoms with Gasteiger partial charge < -0.3 is 0 Å². The molecule has 15 heavy (non-hydrogen) atoms. The molecule has 0 N–H and O–H groups in total. The molecule has 2 aromatic rings. The van der Waals surface area contributed by atoms with Crippen molar-refractivity contribution in [2.24, 2.45) is 0 Å². The Morgan fingerprint density at radius 3 is 2.73 bits per heavy atom. The smallest absolute Gasteiger partial charge is 0.196 e. The fourth-order valence-electron chi connectivity index (χ4n) is 1.13. The van der Waals surface area contributed by atoms with Gasteiger partial charge in [-0.15, -0.1) is 11.3 Å². The fraction of sp³-hybridized carbons (Fsp3) is 0.111. The van der Waals surface area contributed by atoms with Crippen LogP contribution in [-0.2, 0) is 0 Å². The average Bonchev–Trinajstić information content (AvgIpc) is 2.82. The molecule has 72 valence electrons. The molecule has 0 radical (unpaired) electrons. The Bertz CT molecular complexity index is 580. The summed E-state index contributed by atoms with van der Waals surface area (Å²) in [6, 6.07) is 3.81. The maximum absolute atomic E-state index is 8.90. The Morgan fingerprint density at radius 1 is 1.40 bits per heavy atom. The molecule has 0 saturated heterocycles. The lowest BCUT2D eigenvalue weighted by Gasteiger charge is -1.95. The van der Waals surface area contributed by atoms with Crippen LogP contribution >= 0.6 is 11.3 Å². The first-order chi connectivity index (χ1) is 7.26. The second-order valence-corrected chi connectivity index (χ2v) is 3.64. The van der Waals surface area contributed by atoms with Crippen LogP contribution < -0.4 is 0 Å². The van der Waals surface area contributed by atoms with Gasteiger partial charge in [-0.1, -0.05) is 0 Å². The Kier molecular flexibility index (Phi) is 2.20. The highest BCUT2D eigenvalue weighted by molar-refractivity contribution is 7.12. The number of nitriles is 2. The van der Waals surface area contributed by atoms with E-state index in [2.05, 4.69) is 9.97 Å². The zero-order chi connectivity index (χ0) is 10.8. The minimum absolute atomic E-state index is 0.130. The van der Waals surface area contributed by atoms with Crippen LogP contribution in [0.15, 0.2) is 11.7 Å². The lowest BCUT2D eigenvalue weighted by Crippen LogP contribution is -1.95. The quantitative estimate of drug-likeness (QED) is 0.719. The van der Waals surface area contributed by atoms with Crippen LogP contribution in [0, 0.1) is 29.6 Å². The third-order valence-corrected chi connectivity index (χ3v) is 2.75. The van der Waals surface area contributed by atoms with Gasteiger partial charge in [0.2, 0.25) is 0 Å². The van der Waals surface area contributed by atoms with E-state index in [1.54, 1.807) is 0 Å². The number of hydrogen-bond donors (Lipinski definition) is 0. The van der Waals surface area contributed by atoms with E-state index in [4.69, 9.17) is 10.5 Å². The summed E-state index contributed by atoms with van der Waals surface area (Å²) in [5, 5.41) is 20.2. The van der Waals surface area contributed by atoms with E-state index in [1.807, 2.05) is 24.4 Å². The van der Waals surface area contributed by atoms with E-state index in [-0.39, 0.29) is 11.4 Å². The van der Waals surface area contributed by atoms with E-state index >= 15 is 0 Å². The second-order valence-electron chi connectivity index (χ2n) is 2.81. The minimum atomic E-state index is 0.130. The van der Waals surface area contributed by atoms with Crippen LogP contribution in [0.4, 0.5) is 0 Å². The maximum atomic E-state index is 8.90. The van der Waals surface area contributed by atoms with Gasteiger partial charge in [0.25, 0.3) is 0 Å². The van der Waals surface area contributed by atoms with Gasteiger partial charge in [-0.2, -0.15) is 10.5 Å². The molecule has 0 bridgehead atoms. The normalized spacial score (nSPS) is 9.53. The Hall–Kier alpha value is -2.18. The Morgan fingerprint density at radius 2 is 2.20 bits per heavy atom. The van der Waals surface area contributed by atoms with Crippen LogP contribution in [0.5, 0.6) is 0 Å². The molecule has 0 aromatic carbocycles. The molecule has 0 aliphatic rings. The van der Waals surface area contributed by atoms with Crippen molar-refractivity contribution >= 4 is 11.3 Å². The number of aromatic nitrogens is 3. The maximum Gasteiger partial charge on any atom is 0.196 e. The van der Waals surface area contributed by atoms with Gasteiger partial charge in [-0.25, -0.2) is 9.97 Å². The van der Waals surface area contributed by atoms with E-state index in [0.29, 0.717) is 5.13 Å². The Labute approximate surface area is 89.9 Å². The first-order valence-electron chi connectivity index (χ1n) is 4.06. The predicted molar refractivity (Wildman–Crippen MR) is 53.4 cm³/mol. The van der Waals surface area contributed by atoms with Crippen LogP contribution in [0.3, 0.4) is 0 Å². The number of imidazole rings is 1. The molecule has 0 atom stereocenters. The topological polar surface area (TPSA) is 78.3 Å². The van der Waals surface area contributed by atoms with E-state index in [1.165, 1.54) is 22.2 Å². The molecule has 2 aromatic heterocycles. The molecule has 0 fully saturated rings. The largest absolute Gasteiger partial charge is 0.264 e. The molecule has 0 aliphatic heterocycles. The number of rotatable bonds is 1. The van der Waals surface area contributed by atoms with E-state index in [0.717, 1.165) is 5.69 Å². The summed E-state index contributed by atoms with van der Waals surface area (Å²) >= 11 is 1.41. The van der Waals surface area contributed by atoms with E-state index < -0.39 is 0 Å². The number of aryl methyl sites for hydroxylation is 1. The summed E-state index contributed by atoms with van der Waals surface area (Å²) in [6.45, 7) is 1.87. The molecule has 2 rings (SSSR count). The second kappa shape index (κ2) is 3.52. The molecule has 0 amide bonds. The standard InChI is InChI=1S/C9H5N5S/c1-6-4-15-9(13-6)14-5-12-7(2-10)8(14)3-11/h4-5H,1H3. The first-order valence-corrected chi connectivity index (χ1v) is 4.94. The molecule has 0 spiro atoms. The predicted octanol–water partition coefficient (Wildman–Crippen LogP) is 1.38. The monoisotopic (exact) mass is 215 g/mol. The lowest BCUT2D eigenvalue weighted by molar-refractivity contribution is 1.00. The van der Waals surface area contributed by atoms with Crippen molar-refractivity contribution in [2.45, 2.75) is 6.92 Å². The molecule has 0 unspecified atom stereocenters. The van der Waals surface area contributed by atoms with Gasteiger partial charge in [-0.3, -0.25) is 4.57 Å². The van der Waals surface area contributed by atoms with Crippen molar-refractivity contribution in [1.82, 2.24) is 14.5 Å². The van der Waals surface area contributed by atoms with Crippen LogP contribution in [0.1, 0.15) is 17.1 Å². The fourth-order valence-corrected chi connectivity index (χ4v) is 1.91. The van der Waals surface area contributed by atoms with E-state index in [9.17, 15) is 0 Å². The van der Waals surface area contributed by atoms with Crippen molar-refractivity contribution in [3.8, 4) is 17.3 Å². The number of nitrogens with zero attached hydrogens (tertiary/aromatic N) is 5. The first kappa shape index (κ1) is 9.38. The molecule has 6 heteroatoms. The summed E-state index contributed by atoms with van der Waals surface area (Å²) in [4.78, 5) is 8.06. The molecule has 0 saturated carbocycles. The number of thiazole rings is 1. The molecule has 2 heterocycles. The minimum Gasteiger partial charge on any atom is -0.264 e. The summed E-state index contributed by atoms with van der Waals surface area (Å²) < 4.78 is 1.52. The van der Waals surface area contributed by atoms with Crippen LogP contribution in [-0.4, -0.2) is 14.5 Å². The van der Waals surface area contributed by atoms with Gasteiger partial charge in [-0.05, 0) is 6.92 Å².